The van der Waals surface area contributed by atoms with E-state index in [2.05, 4.69) is 27.9 Å². The standard InChI is InChI=1S/C13H17IN2O4/c1-20-6-5-16(9-13(18)19)8-12(17)15-11-4-2-3-10(14)7-11/h2-4,7H,5-6,8-9H2,1H3,(H,15,17)(H,18,19). The molecule has 0 radical (unpaired) electrons. The summed E-state index contributed by atoms with van der Waals surface area (Å²) in [6.07, 6.45) is 0. The monoisotopic (exact) mass is 392 g/mol. The van der Waals surface area contributed by atoms with Crippen LogP contribution < -0.4 is 5.32 Å². The van der Waals surface area contributed by atoms with Crippen molar-refractivity contribution in [2.45, 2.75) is 0 Å². The molecule has 0 atom stereocenters. The molecular weight excluding hydrogens is 375 g/mol. The second-order valence-electron chi connectivity index (χ2n) is 4.16. The lowest BCUT2D eigenvalue weighted by molar-refractivity contribution is -0.138. The zero-order valence-corrected chi connectivity index (χ0v) is 13.3. The van der Waals surface area contributed by atoms with Gasteiger partial charge >= 0.3 is 5.97 Å². The number of amides is 1. The number of aliphatic carboxylic acids is 1. The fraction of sp³-hybridized carbons (Fsp3) is 0.385. The molecule has 0 aliphatic rings. The van der Waals surface area contributed by atoms with Crippen LogP contribution in [0.1, 0.15) is 0 Å². The molecule has 1 aromatic carbocycles. The van der Waals surface area contributed by atoms with E-state index < -0.39 is 5.97 Å². The minimum Gasteiger partial charge on any atom is -0.480 e. The van der Waals surface area contributed by atoms with E-state index in [1.54, 1.807) is 6.07 Å². The number of anilines is 1. The van der Waals surface area contributed by atoms with Crippen molar-refractivity contribution < 1.29 is 19.4 Å². The molecule has 0 spiro atoms. The highest BCUT2D eigenvalue weighted by Gasteiger charge is 2.14. The Morgan fingerprint density at radius 3 is 2.75 bits per heavy atom. The van der Waals surface area contributed by atoms with Crippen LogP contribution in [0.4, 0.5) is 5.69 Å². The Morgan fingerprint density at radius 1 is 1.40 bits per heavy atom. The molecule has 6 nitrogen and oxygen atoms in total. The van der Waals surface area contributed by atoms with Crippen molar-refractivity contribution in [1.82, 2.24) is 4.90 Å². The number of hydrogen-bond acceptors (Lipinski definition) is 4. The van der Waals surface area contributed by atoms with Crippen LogP contribution in [-0.4, -0.2) is 55.2 Å². The largest absolute Gasteiger partial charge is 0.480 e. The van der Waals surface area contributed by atoms with E-state index in [0.29, 0.717) is 18.8 Å². The zero-order chi connectivity index (χ0) is 15.0. The third-order valence-corrected chi connectivity index (χ3v) is 3.12. The van der Waals surface area contributed by atoms with Gasteiger partial charge in [0.1, 0.15) is 0 Å². The third kappa shape index (κ3) is 6.83. The Kier molecular flexibility index (Phi) is 7.48. The highest BCUT2D eigenvalue weighted by atomic mass is 127. The van der Waals surface area contributed by atoms with Crippen LogP contribution in [0, 0.1) is 3.57 Å². The number of carbonyl (C=O) groups is 2. The Balaban J connectivity index is 2.54. The molecule has 1 rings (SSSR count). The molecule has 1 aromatic rings. The Labute approximate surface area is 131 Å². The van der Waals surface area contributed by atoms with Crippen LogP contribution in [0.3, 0.4) is 0 Å². The molecule has 110 valence electrons. The molecule has 1 amide bonds. The molecule has 2 N–H and O–H groups in total. The van der Waals surface area contributed by atoms with E-state index in [9.17, 15) is 9.59 Å². The molecule has 0 aliphatic carbocycles. The number of nitrogens with zero attached hydrogens (tertiary/aromatic N) is 1. The van der Waals surface area contributed by atoms with Gasteiger partial charge in [-0.25, -0.2) is 0 Å². The van der Waals surface area contributed by atoms with Crippen LogP contribution in [0.25, 0.3) is 0 Å². The molecule has 0 unspecified atom stereocenters. The van der Waals surface area contributed by atoms with Crippen LogP contribution >= 0.6 is 22.6 Å². The molecule has 0 aliphatic heterocycles. The number of carboxylic acids is 1. The number of ether oxygens (including phenoxy) is 1. The minimum atomic E-state index is -0.969. The number of nitrogens with one attached hydrogen (secondary N) is 1. The molecule has 7 heteroatoms. The van der Waals surface area contributed by atoms with E-state index in [4.69, 9.17) is 9.84 Å². The van der Waals surface area contributed by atoms with E-state index in [1.165, 1.54) is 12.0 Å². The summed E-state index contributed by atoms with van der Waals surface area (Å²) >= 11 is 2.16. The van der Waals surface area contributed by atoms with Gasteiger partial charge in [0.25, 0.3) is 0 Å². The maximum Gasteiger partial charge on any atom is 0.317 e. The van der Waals surface area contributed by atoms with Gasteiger partial charge in [0, 0.05) is 22.9 Å². The first-order chi connectivity index (χ1) is 9.51. The first kappa shape index (κ1) is 16.9. The highest BCUT2D eigenvalue weighted by Crippen LogP contribution is 2.12. The fourth-order valence-electron chi connectivity index (χ4n) is 1.60. The first-order valence-corrected chi connectivity index (χ1v) is 7.07. The van der Waals surface area contributed by atoms with Crippen molar-refractivity contribution >= 4 is 40.2 Å². The molecule has 20 heavy (non-hydrogen) atoms. The average Bonchev–Trinajstić information content (AvgIpc) is 2.35. The summed E-state index contributed by atoms with van der Waals surface area (Å²) in [5.41, 5.74) is 0.698. The maximum atomic E-state index is 11.9. The van der Waals surface area contributed by atoms with Gasteiger partial charge in [0.2, 0.25) is 5.91 Å². The quantitative estimate of drug-likeness (QED) is 0.652. The predicted molar refractivity (Wildman–Crippen MR) is 83.7 cm³/mol. The summed E-state index contributed by atoms with van der Waals surface area (Å²) in [5, 5.41) is 11.6. The molecule has 0 heterocycles. The van der Waals surface area contributed by atoms with Crippen molar-refractivity contribution in [3.05, 3.63) is 27.8 Å². The summed E-state index contributed by atoms with van der Waals surface area (Å²) in [5.74, 6) is -1.22. The van der Waals surface area contributed by atoms with Crippen LogP contribution in [0.2, 0.25) is 0 Å². The molecule has 0 bridgehead atoms. The normalized spacial score (nSPS) is 10.6. The van der Waals surface area contributed by atoms with E-state index in [-0.39, 0.29) is 19.0 Å². The second-order valence-corrected chi connectivity index (χ2v) is 5.40. The van der Waals surface area contributed by atoms with Crippen molar-refractivity contribution in [3.8, 4) is 0 Å². The van der Waals surface area contributed by atoms with Gasteiger partial charge in [-0.1, -0.05) is 6.07 Å². The van der Waals surface area contributed by atoms with Gasteiger partial charge in [-0.3, -0.25) is 14.5 Å². The number of hydrogen-bond donors (Lipinski definition) is 2. The number of benzene rings is 1. The molecule has 0 saturated carbocycles. The van der Waals surface area contributed by atoms with Gasteiger partial charge < -0.3 is 15.2 Å². The topological polar surface area (TPSA) is 78.9 Å². The number of carbonyl (C=O) groups excluding carboxylic acids is 1. The Hall–Kier alpha value is -1.19. The van der Waals surface area contributed by atoms with Gasteiger partial charge in [-0.15, -0.1) is 0 Å². The highest BCUT2D eigenvalue weighted by molar-refractivity contribution is 14.1. The van der Waals surface area contributed by atoms with Gasteiger partial charge in [-0.2, -0.15) is 0 Å². The number of methoxy groups -OCH3 is 1. The van der Waals surface area contributed by atoms with Crippen molar-refractivity contribution in [3.63, 3.8) is 0 Å². The summed E-state index contributed by atoms with van der Waals surface area (Å²) in [7, 11) is 1.53. The van der Waals surface area contributed by atoms with Crippen LogP contribution in [0.5, 0.6) is 0 Å². The number of rotatable bonds is 8. The summed E-state index contributed by atoms with van der Waals surface area (Å²) < 4.78 is 5.92. The summed E-state index contributed by atoms with van der Waals surface area (Å²) in [4.78, 5) is 24.2. The Morgan fingerprint density at radius 2 is 2.15 bits per heavy atom. The average molecular weight is 392 g/mol. The number of halogens is 1. The van der Waals surface area contributed by atoms with E-state index in [1.807, 2.05) is 18.2 Å². The predicted octanol–water partition coefficient (Wildman–Crippen LogP) is 1.26. The lowest BCUT2D eigenvalue weighted by Gasteiger charge is -2.19. The van der Waals surface area contributed by atoms with E-state index in [0.717, 1.165) is 3.57 Å². The summed E-state index contributed by atoms with van der Waals surface area (Å²) in [6.45, 7) is 0.594. The van der Waals surface area contributed by atoms with Crippen LogP contribution in [-0.2, 0) is 14.3 Å². The molecule has 0 saturated heterocycles. The van der Waals surface area contributed by atoms with Crippen molar-refractivity contribution in [2.24, 2.45) is 0 Å². The maximum absolute atomic E-state index is 11.9. The lowest BCUT2D eigenvalue weighted by Crippen LogP contribution is -2.38. The SMILES string of the molecule is COCCN(CC(=O)O)CC(=O)Nc1cccc(I)c1. The minimum absolute atomic E-state index is 0.0150. The lowest BCUT2D eigenvalue weighted by atomic mass is 10.3. The second kappa shape index (κ2) is 8.88. The number of carboxylic acid groups (broad SMARTS) is 1. The molecular formula is C13H17IN2O4. The summed E-state index contributed by atoms with van der Waals surface area (Å²) in [6, 6.07) is 7.40. The van der Waals surface area contributed by atoms with Gasteiger partial charge in [0.15, 0.2) is 0 Å². The fourth-order valence-corrected chi connectivity index (χ4v) is 2.14. The first-order valence-electron chi connectivity index (χ1n) is 5.99. The van der Waals surface area contributed by atoms with Gasteiger partial charge in [-0.05, 0) is 40.8 Å². The smallest absolute Gasteiger partial charge is 0.317 e. The third-order valence-electron chi connectivity index (χ3n) is 2.45. The van der Waals surface area contributed by atoms with Crippen molar-refractivity contribution in [1.29, 1.82) is 0 Å². The van der Waals surface area contributed by atoms with E-state index >= 15 is 0 Å². The zero-order valence-electron chi connectivity index (χ0n) is 11.1. The molecule has 0 fully saturated rings. The van der Waals surface area contributed by atoms with Crippen molar-refractivity contribution in [2.75, 3.05) is 38.7 Å². The molecule has 0 aromatic heterocycles. The Bertz CT molecular complexity index is 467. The van der Waals surface area contributed by atoms with Gasteiger partial charge in [0.05, 0.1) is 19.7 Å². The van der Waals surface area contributed by atoms with Crippen LogP contribution in [0.15, 0.2) is 24.3 Å².